The Hall–Kier alpha value is -1.79. The zero-order valence-corrected chi connectivity index (χ0v) is 21.6. The van der Waals surface area contributed by atoms with Gasteiger partial charge in [-0.25, -0.2) is 12.8 Å². The number of rotatable bonds is 6. The van der Waals surface area contributed by atoms with Gasteiger partial charge in [0.25, 0.3) is 0 Å². The van der Waals surface area contributed by atoms with Crippen molar-refractivity contribution in [3.05, 3.63) is 63.9 Å². The summed E-state index contributed by atoms with van der Waals surface area (Å²) in [5.41, 5.74) is 0.802. The van der Waals surface area contributed by atoms with Crippen LogP contribution in [0.2, 0.25) is 10.0 Å². The molecular formula is C24H27Cl2FN2O6S. The van der Waals surface area contributed by atoms with Crippen molar-refractivity contribution >= 4 is 39.1 Å². The molecule has 1 amide bonds. The van der Waals surface area contributed by atoms with Gasteiger partial charge in [-0.2, -0.15) is 4.31 Å². The number of aliphatic hydroxyl groups excluding tert-OH is 1. The Balaban J connectivity index is 1.42. The summed E-state index contributed by atoms with van der Waals surface area (Å²) in [7, 11) is -4.04. The van der Waals surface area contributed by atoms with Crippen LogP contribution in [0.4, 0.5) is 4.39 Å². The molecule has 0 radical (unpaired) electrons. The molecule has 2 aromatic rings. The predicted octanol–water partition coefficient (Wildman–Crippen LogP) is 3.14. The van der Waals surface area contributed by atoms with E-state index in [2.05, 4.69) is 5.32 Å². The van der Waals surface area contributed by atoms with Gasteiger partial charge in [-0.05, 0) is 54.8 Å². The summed E-state index contributed by atoms with van der Waals surface area (Å²) in [5, 5.41) is 13.9. The van der Waals surface area contributed by atoms with Gasteiger partial charge in [0.1, 0.15) is 5.82 Å². The molecule has 8 nitrogen and oxygen atoms in total. The molecule has 0 aliphatic carbocycles. The number of hydrogen-bond donors (Lipinski definition) is 2. The fourth-order valence-electron chi connectivity index (χ4n) is 4.44. The van der Waals surface area contributed by atoms with E-state index in [-0.39, 0.29) is 43.5 Å². The summed E-state index contributed by atoms with van der Waals surface area (Å²) in [5.74, 6) is -0.767. The predicted molar refractivity (Wildman–Crippen MR) is 132 cm³/mol. The highest BCUT2D eigenvalue weighted by molar-refractivity contribution is 7.89. The maximum Gasteiger partial charge on any atom is 0.243 e. The summed E-state index contributed by atoms with van der Waals surface area (Å²) < 4.78 is 53.1. The van der Waals surface area contributed by atoms with E-state index >= 15 is 0 Å². The van der Waals surface area contributed by atoms with E-state index in [0.717, 1.165) is 17.7 Å². The van der Waals surface area contributed by atoms with Crippen molar-refractivity contribution < 1.29 is 32.2 Å². The topological polar surface area (TPSA) is 105 Å². The third-order valence-corrected chi connectivity index (χ3v) is 8.88. The molecule has 2 fully saturated rings. The normalized spacial score (nSPS) is 25.4. The lowest BCUT2D eigenvalue weighted by atomic mass is 9.96. The number of benzene rings is 2. The number of fused-ring (bicyclic) bond motifs is 1. The Kier molecular flexibility index (Phi) is 8.87. The number of β-amino-alcohol motifs (C(OH)–C–C–N with tert-alkyl or cyclic N) is 1. The van der Waals surface area contributed by atoms with Gasteiger partial charge in [-0.1, -0.05) is 29.3 Å². The monoisotopic (exact) mass is 560 g/mol. The second-order valence-corrected chi connectivity index (χ2v) is 11.6. The van der Waals surface area contributed by atoms with E-state index in [4.69, 9.17) is 32.7 Å². The highest BCUT2D eigenvalue weighted by Crippen LogP contribution is 2.31. The van der Waals surface area contributed by atoms with Crippen molar-refractivity contribution in [3.63, 3.8) is 0 Å². The lowest BCUT2D eigenvalue weighted by Gasteiger charge is -2.43. The Bertz CT molecular complexity index is 1180. The summed E-state index contributed by atoms with van der Waals surface area (Å²) >= 11 is 11.9. The van der Waals surface area contributed by atoms with Crippen LogP contribution in [0.3, 0.4) is 0 Å². The number of carbonyl (C=O) groups excluding carboxylic acids is 1. The summed E-state index contributed by atoms with van der Waals surface area (Å²) in [6.07, 6.45) is -1.14. The fourth-order valence-corrected chi connectivity index (χ4v) is 6.48. The molecule has 196 valence electrons. The Morgan fingerprint density at radius 3 is 2.58 bits per heavy atom. The second-order valence-electron chi connectivity index (χ2n) is 8.89. The van der Waals surface area contributed by atoms with Crippen molar-refractivity contribution in [1.29, 1.82) is 0 Å². The van der Waals surface area contributed by atoms with Crippen molar-refractivity contribution in [3.8, 4) is 0 Å². The molecule has 2 heterocycles. The SMILES string of the molecule is O=C(C[C@H]1CC[C@@H]2[C@H](COC[C@H](O)CN2S(=O)(=O)c2ccc(F)cc2)O1)NCc1ccc(Cl)c(Cl)c1. The van der Waals surface area contributed by atoms with Gasteiger partial charge in [-0.15, -0.1) is 0 Å². The minimum Gasteiger partial charge on any atom is -0.389 e. The number of amides is 1. The molecule has 2 N–H and O–H groups in total. The number of ether oxygens (including phenoxy) is 2. The number of aliphatic hydroxyl groups is 1. The summed E-state index contributed by atoms with van der Waals surface area (Å²) in [6, 6.07) is 9.07. The molecule has 2 aliphatic heterocycles. The van der Waals surface area contributed by atoms with Crippen LogP contribution < -0.4 is 5.32 Å². The number of nitrogens with zero attached hydrogens (tertiary/aromatic N) is 1. The van der Waals surface area contributed by atoms with Crippen molar-refractivity contribution in [2.24, 2.45) is 0 Å². The molecule has 0 bridgehead atoms. The maximum atomic E-state index is 13.4. The highest BCUT2D eigenvalue weighted by atomic mass is 35.5. The van der Waals surface area contributed by atoms with Crippen molar-refractivity contribution in [2.75, 3.05) is 19.8 Å². The van der Waals surface area contributed by atoms with Crippen LogP contribution in [0.5, 0.6) is 0 Å². The van der Waals surface area contributed by atoms with Crippen LogP contribution in [0.15, 0.2) is 47.4 Å². The third kappa shape index (κ3) is 6.55. The van der Waals surface area contributed by atoms with E-state index in [9.17, 15) is 22.7 Å². The molecule has 0 aromatic heterocycles. The zero-order valence-electron chi connectivity index (χ0n) is 19.3. The van der Waals surface area contributed by atoms with Gasteiger partial charge in [0.2, 0.25) is 15.9 Å². The average molecular weight is 561 g/mol. The second kappa shape index (κ2) is 11.7. The van der Waals surface area contributed by atoms with Crippen molar-refractivity contribution in [2.45, 2.75) is 55.1 Å². The van der Waals surface area contributed by atoms with Crippen LogP contribution >= 0.6 is 23.2 Å². The zero-order chi connectivity index (χ0) is 25.9. The van der Waals surface area contributed by atoms with E-state index in [1.54, 1.807) is 18.2 Å². The lowest BCUT2D eigenvalue weighted by molar-refractivity contribution is -0.146. The first-order valence-corrected chi connectivity index (χ1v) is 13.7. The third-order valence-electron chi connectivity index (χ3n) is 6.24. The number of hydrogen-bond acceptors (Lipinski definition) is 6. The van der Waals surface area contributed by atoms with Crippen LogP contribution in [-0.4, -0.2) is 67.8 Å². The number of carbonyl (C=O) groups is 1. The first-order valence-electron chi connectivity index (χ1n) is 11.5. The standard InChI is InChI=1S/C24H27Cl2FN2O6S/c25-20-7-1-15(9-21(20)26)11-28-24(31)10-18-4-8-22-23(35-18)14-34-13-17(30)12-29(22)36(32,33)19-5-2-16(27)3-6-19/h1-3,5-7,9,17-18,22-23,30H,4,8,10-14H2,(H,28,31)/t17-,18-,22-,23+/m1/s1. The molecule has 2 aliphatic rings. The molecule has 0 spiro atoms. The minimum atomic E-state index is -4.04. The quantitative estimate of drug-likeness (QED) is 0.562. The van der Waals surface area contributed by atoms with Crippen LogP contribution in [-0.2, 0) is 30.8 Å². The van der Waals surface area contributed by atoms with Gasteiger partial charge in [0, 0.05) is 13.1 Å². The molecular weight excluding hydrogens is 534 g/mol. The van der Waals surface area contributed by atoms with Gasteiger partial charge in [-0.3, -0.25) is 4.79 Å². The van der Waals surface area contributed by atoms with E-state index in [0.29, 0.717) is 22.9 Å². The Morgan fingerprint density at radius 1 is 1.11 bits per heavy atom. The molecule has 4 atom stereocenters. The van der Waals surface area contributed by atoms with Crippen LogP contribution in [0, 0.1) is 5.82 Å². The smallest absolute Gasteiger partial charge is 0.243 e. The number of sulfonamides is 1. The molecule has 0 saturated carbocycles. The molecule has 12 heteroatoms. The molecule has 2 saturated heterocycles. The van der Waals surface area contributed by atoms with E-state index in [1.807, 2.05) is 0 Å². The molecule has 36 heavy (non-hydrogen) atoms. The van der Waals surface area contributed by atoms with E-state index < -0.39 is 40.2 Å². The minimum absolute atomic E-state index is 0.0587. The fraction of sp³-hybridized carbons (Fsp3) is 0.458. The van der Waals surface area contributed by atoms with Crippen LogP contribution in [0.25, 0.3) is 0 Å². The molecule has 2 aromatic carbocycles. The van der Waals surface area contributed by atoms with Crippen LogP contribution in [0.1, 0.15) is 24.8 Å². The summed E-state index contributed by atoms with van der Waals surface area (Å²) in [4.78, 5) is 12.5. The van der Waals surface area contributed by atoms with Gasteiger partial charge < -0.3 is 19.9 Å². The Labute approximate surface area is 219 Å². The lowest BCUT2D eigenvalue weighted by Crippen LogP contribution is -2.57. The Morgan fingerprint density at radius 2 is 1.86 bits per heavy atom. The molecule has 0 unspecified atom stereocenters. The highest BCUT2D eigenvalue weighted by Gasteiger charge is 2.43. The van der Waals surface area contributed by atoms with Gasteiger partial charge in [0.05, 0.1) is 58.9 Å². The first kappa shape index (κ1) is 27.3. The summed E-state index contributed by atoms with van der Waals surface area (Å²) in [6.45, 7) is 0.105. The maximum absolute atomic E-state index is 13.4. The largest absolute Gasteiger partial charge is 0.389 e. The first-order chi connectivity index (χ1) is 17.1. The molecule has 4 rings (SSSR count). The van der Waals surface area contributed by atoms with Gasteiger partial charge >= 0.3 is 0 Å². The number of nitrogens with one attached hydrogen (secondary N) is 1. The average Bonchev–Trinajstić information content (AvgIpc) is 2.83. The van der Waals surface area contributed by atoms with E-state index in [1.165, 1.54) is 16.4 Å². The van der Waals surface area contributed by atoms with Crippen molar-refractivity contribution in [1.82, 2.24) is 9.62 Å². The number of halogens is 3. The van der Waals surface area contributed by atoms with Gasteiger partial charge in [0.15, 0.2) is 0 Å².